The number of carbonyl (C=O) groups is 2. The van der Waals surface area contributed by atoms with Gasteiger partial charge in [0.15, 0.2) is 0 Å². The number of rotatable bonds is 6. The summed E-state index contributed by atoms with van der Waals surface area (Å²) in [5.74, 6) is -0.341. The molecule has 3 aromatic carbocycles. The lowest BCUT2D eigenvalue weighted by Crippen LogP contribution is -2.31. The smallest absolute Gasteiger partial charge is 0.269 e. The van der Waals surface area contributed by atoms with Crippen molar-refractivity contribution in [1.82, 2.24) is 0 Å². The van der Waals surface area contributed by atoms with Crippen molar-refractivity contribution in [2.45, 2.75) is 31.4 Å². The fraction of sp³-hybridized carbons (Fsp3) is 0.179. The van der Waals surface area contributed by atoms with E-state index >= 15 is 0 Å². The molecule has 0 bridgehead atoms. The zero-order valence-electron chi connectivity index (χ0n) is 19.4. The molecule has 35 heavy (non-hydrogen) atoms. The highest BCUT2D eigenvalue weighted by atomic mass is 79.9. The number of anilines is 2. The van der Waals surface area contributed by atoms with E-state index in [0.717, 1.165) is 15.6 Å². The number of halogens is 1. The summed E-state index contributed by atoms with van der Waals surface area (Å²) in [5.41, 5.74) is 3.29. The van der Waals surface area contributed by atoms with Gasteiger partial charge >= 0.3 is 0 Å². The van der Waals surface area contributed by atoms with Gasteiger partial charge < -0.3 is 5.32 Å². The Morgan fingerprint density at radius 1 is 1.06 bits per heavy atom. The summed E-state index contributed by atoms with van der Waals surface area (Å²) < 4.78 is 0.962. The Bertz CT molecular complexity index is 1300. The van der Waals surface area contributed by atoms with Crippen LogP contribution in [0.3, 0.4) is 0 Å². The van der Waals surface area contributed by atoms with Crippen LogP contribution in [0.5, 0.6) is 0 Å². The highest BCUT2D eigenvalue weighted by Crippen LogP contribution is 2.42. The molecule has 0 radical (unpaired) electrons. The lowest BCUT2D eigenvalue weighted by Gasteiger charge is -2.19. The summed E-state index contributed by atoms with van der Waals surface area (Å²) in [6.45, 7) is 4.21. The van der Waals surface area contributed by atoms with Crippen LogP contribution in [0.15, 0.2) is 93.9 Å². The third-order valence-corrected chi connectivity index (χ3v) is 7.48. The number of nitrogens with one attached hydrogen (secondary N) is 1. The van der Waals surface area contributed by atoms with Crippen LogP contribution in [0.1, 0.15) is 30.9 Å². The number of thioether (sulfide) groups is 1. The average Bonchev–Trinajstić information content (AvgIpc) is 3.17. The number of amides is 2. The maximum absolute atomic E-state index is 13.6. The molecule has 176 valence electrons. The van der Waals surface area contributed by atoms with Gasteiger partial charge in [0, 0.05) is 15.8 Å². The van der Waals surface area contributed by atoms with Gasteiger partial charge in [0.2, 0.25) is 5.91 Å². The molecule has 1 aliphatic heterocycles. The normalized spacial score (nSPS) is 16.8. The largest absolute Gasteiger partial charge is 0.321 e. The van der Waals surface area contributed by atoms with Gasteiger partial charge in [-0.1, -0.05) is 84.0 Å². The molecule has 1 aliphatic rings. The van der Waals surface area contributed by atoms with Gasteiger partial charge in [-0.15, -0.1) is 0 Å². The molecule has 0 saturated carbocycles. The quantitative estimate of drug-likeness (QED) is 0.278. The molecule has 0 aliphatic carbocycles. The van der Waals surface area contributed by atoms with Crippen molar-refractivity contribution in [1.29, 1.82) is 5.26 Å². The van der Waals surface area contributed by atoms with Crippen LogP contribution in [0.2, 0.25) is 0 Å². The first-order valence-electron chi connectivity index (χ1n) is 11.2. The number of nitrogens with zero attached hydrogens (tertiary/aromatic N) is 2. The average molecular weight is 546 g/mol. The van der Waals surface area contributed by atoms with Crippen LogP contribution >= 0.6 is 27.7 Å². The zero-order chi connectivity index (χ0) is 24.9. The first-order chi connectivity index (χ1) is 16.9. The summed E-state index contributed by atoms with van der Waals surface area (Å²) in [5, 5.41) is 12.7. The van der Waals surface area contributed by atoms with Crippen LogP contribution in [0, 0.1) is 11.3 Å². The van der Waals surface area contributed by atoms with E-state index < -0.39 is 11.2 Å². The number of hydrogen-bond donors (Lipinski definition) is 1. The van der Waals surface area contributed by atoms with Crippen LogP contribution < -0.4 is 10.2 Å². The van der Waals surface area contributed by atoms with Crippen molar-refractivity contribution in [2.75, 3.05) is 10.2 Å². The fourth-order valence-electron chi connectivity index (χ4n) is 3.78. The van der Waals surface area contributed by atoms with E-state index in [1.807, 2.05) is 54.6 Å². The summed E-state index contributed by atoms with van der Waals surface area (Å²) >= 11 is 4.70. The van der Waals surface area contributed by atoms with Crippen LogP contribution in [0.25, 0.3) is 0 Å². The Hall–Kier alpha value is -3.34. The molecular formula is C28H24BrN3O2S. The van der Waals surface area contributed by atoms with E-state index in [0.29, 0.717) is 28.7 Å². The third-order valence-electron chi connectivity index (χ3n) is 5.69. The molecule has 0 aromatic heterocycles. The number of para-hydroxylation sites is 1. The zero-order valence-corrected chi connectivity index (χ0v) is 21.8. The molecule has 0 spiro atoms. The molecule has 2 amide bonds. The number of nitriles is 1. The number of hydrogen-bond acceptors (Lipinski definition) is 4. The summed E-state index contributed by atoms with van der Waals surface area (Å²) in [4.78, 5) is 28.3. The highest BCUT2D eigenvalue weighted by Gasteiger charge is 2.40. The second-order valence-corrected chi connectivity index (χ2v) is 10.6. The molecule has 5 nitrogen and oxygen atoms in total. The minimum atomic E-state index is -0.540. The maximum Gasteiger partial charge on any atom is 0.269 e. The molecule has 4 rings (SSSR count). The maximum atomic E-state index is 13.6. The Balaban J connectivity index is 1.72. The molecule has 1 heterocycles. The monoisotopic (exact) mass is 545 g/mol. The Morgan fingerprint density at radius 2 is 1.71 bits per heavy atom. The molecule has 7 heteroatoms. The topological polar surface area (TPSA) is 73.2 Å². The van der Waals surface area contributed by atoms with E-state index in [1.165, 1.54) is 16.7 Å². The van der Waals surface area contributed by atoms with E-state index in [4.69, 9.17) is 0 Å². The van der Waals surface area contributed by atoms with Crippen LogP contribution in [-0.4, -0.2) is 17.1 Å². The second kappa shape index (κ2) is 10.9. The lowest BCUT2D eigenvalue weighted by molar-refractivity contribution is -0.117. The van der Waals surface area contributed by atoms with Crippen molar-refractivity contribution in [2.24, 2.45) is 0 Å². The predicted octanol–water partition coefficient (Wildman–Crippen LogP) is 6.64. The van der Waals surface area contributed by atoms with Crippen molar-refractivity contribution in [3.63, 3.8) is 0 Å². The van der Waals surface area contributed by atoms with Crippen molar-refractivity contribution < 1.29 is 9.59 Å². The number of benzene rings is 3. The minimum Gasteiger partial charge on any atom is -0.321 e. The van der Waals surface area contributed by atoms with Gasteiger partial charge in [-0.2, -0.15) is 5.26 Å². The molecule has 1 unspecified atom stereocenters. The van der Waals surface area contributed by atoms with Crippen LogP contribution in [0.4, 0.5) is 11.4 Å². The van der Waals surface area contributed by atoms with Crippen molar-refractivity contribution >= 4 is 50.9 Å². The van der Waals surface area contributed by atoms with E-state index in [1.54, 1.807) is 24.3 Å². The van der Waals surface area contributed by atoms with E-state index in [2.05, 4.69) is 41.2 Å². The molecule has 1 N–H and O–H groups in total. The molecule has 1 fully saturated rings. The standard InChI is InChI=1S/C28H24BrN3O2S/c1-18(2)20-10-14-23(15-11-20)32-27(34)25(16-19-8-12-21(29)13-9-19)35-28(32)24(17-30)26(33)31-22-6-4-3-5-7-22/h3-15,18,25H,16H2,1-2H3,(H,31,33)/b28-24-. The molecule has 1 atom stereocenters. The van der Waals surface area contributed by atoms with Crippen LogP contribution in [-0.2, 0) is 16.0 Å². The molecular weight excluding hydrogens is 522 g/mol. The van der Waals surface area contributed by atoms with Gasteiger partial charge in [-0.3, -0.25) is 14.5 Å². The first-order valence-corrected chi connectivity index (χ1v) is 12.9. The minimum absolute atomic E-state index is 0.0848. The van der Waals surface area contributed by atoms with Gasteiger partial charge in [-0.05, 0) is 59.9 Å². The highest BCUT2D eigenvalue weighted by molar-refractivity contribution is 9.10. The Kier molecular flexibility index (Phi) is 7.74. The van der Waals surface area contributed by atoms with Gasteiger partial charge in [0.25, 0.3) is 5.91 Å². The summed E-state index contributed by atoms with van der Waals surface area (Å²) in [6, 6.07) is 26.5. The predicted molar refractivity (Wildman–Crippen MR) is 145 cm³/mol. The van der Waals surface area contributed by atoms with E-state index in [-0.39, 0.29) is 11.5 Å². The Morgan fingerprint density at radius 3 is 2.31 bits per heavy atom. The third kappa shape index (κ3) is 5.67. The second-order valence-electron chi connectivity index (χ2n) is 8.47. The molecule has 3 aromatic rings. The lowest BCUT2D eigenvalue weighted by atomic mass is 10.0. The fourth-order valence-corrected chi connectivity index (χ4v) is 5.35. The van der Waals surface area contributed by atoms with Gasteiger partial charge in [0.1, 0.15) is 16.7 Å². The summed E-state index contributed by atoms with van der Waals surface area (Å²) in [6.07, 6.45) is 0.486. The first kappa shape index (κ1) is 24.8. The number of carbonyl (C=O) groups excluding carboxylic acids is 2. The van der Waals surface area contributed by atoms with Crippen molar-refractivity contribution in [3.8, 4) is 6.07 Å². The summed E-state index contributed by atoms with van der Waals surface area (Å²) in [7, 11) is 0. The van der Waals surface area contributed by atoms with Gasteiger partial charge in [0.05, 0.1) is 5.25 Å². The van der Waals surface area contributed by atoms with E-state index in [9.17, 15) is 14.9 Å². The SMILES string of the molecule is CC(C)c1ccc(N2C(=O)C(Cc3ccc(Br)cc3)S/C2=C(/C#N)C(=O)Nc2ccccc2)cc1. The molecule has 1 saturated heterocycles. The van der Waals surface area contributed by atoms with Gasteiger partial charge in [-0.25, -0.2) is 0 Å². The van der Waals surface area contributed by atoms with Crippen molar-refractivity contribution in [3.05, 3.63) is 105 Å². The Labute approximate surface area is 218 Å².